The van der Waals surface area contributed by atoms with Crippen LogP contribution in [0.15, 0.2) is 47.5 Å². The average molecular weight is 512 g/mol. The molecule has 1 unspecified atom stereocenters. The quantitative estimate of drug-likeness (QED) is 0.336. The van der Waals surface area contributed by atoms with Crippen molar-refractivity contribution in [1.29, 1.82) is 0 Å². The van der Waals surface area contributed by atoms with Crippen LogP contribution < -0.4 is 30.2 Å². The van der Waals surface area contributed by atoms with Gasteiger partial charge in [-0.1, -0.05) is 12.1 Å². The molecule has 0 amide bonds. The lowest BCUT2D eigenvalue weighted by Gasteiger charge is -2.21. The van der Waals surface area contributed by atoms with Crippen LogP contribution in [0.3, 0.4) is 0 Å². The SMILES string of the molecule is COc1ccc(OC)c(NC(N)=NCC2CCN(c3ccccc3OC)C2)c1.I. The summed E-state index contributed by atoms with van der Waals surface area (Å²) >= 11 is 0. The maximum Gasteiger partial charge on any atom is 0.193 e. The van der Waals surface area contributed by atoms with Gasteiger partial charge < -0.3 is 30.2 Å². The summed E-state index contributed by atoms with van der Waals surface area (Å²) in [6.45, 7) is 2.58. The van der Waals surface area contributed by atoms with E-state index in [0.717, 1.165) is 42.4 Å². The molecule has 7 nitrogen and oxygen atoms in total. The van der Waals surface area contributed by atoms with Gasteiger partial charge in [-0.3, -0.25) is 4.99 Å². The van der Waals surface area contributed by atoms with Gasteiger partial charge in [-0.25, -0.2) is 0 Å². The van der Waals surface area contributed by atoms with Crippen LogP contribution in [0.2, 0.25) is 0 Å². The third-order valence-electron chi connectivity index (χ3n) is 4.90. The number of rotatable bonds is 7. The highest BCUT2D eigenvalue weighted by atomic mass is 127. The highest BCUT2D eigenvalue weighted by Gasteiger charge is 2.24. The predicted molar refractivity (Wildman–Crippen MR) is 128 cm³/mol. The Hall–Kier alpha value is -2.36. The van der Waals surface area contributed by atoms with E-state index in [2.05, 4.69) is 21.3 Å². The number of anilines is 2. The molecule has 0 aromatic heterocycles. The van der Waals surface area contributed by atoms with Crippen molar-refractivity contribution in [1.82, 2.24) is 0 Å². The van der Waals surface area contributed by atoms with E-state index in [1.54, 1.807) is 21.3 Å². The van der Waals surface area contributed by atoms with Crippen LogP contribution in [0.5, 0.6) is 17.2 Å². The average Bonchev–Trinajstić information content (AvgIpc) is 3.21. The van der Waals surface area contributed by atoms with Crippen LogP contribution in [-0.2, 0) is 0 Å². The van der Waals surface area contributed by atoms with E-state index in [-0.39, 0.29) is 24.0 Å². The Morgan fingerprint density at radius 1 is 1.10 bits per heavy atom. The molecular formula is C21H29IN4O3. The number of nitrogens with two attached hydrogens (primary N) is 1. The van der Waals surface area contributed by atoms with Crippen LogP contribution in [0.25, 0.3) is 0 Å². The number of hydrogen-bond donors (Lipinski definition) is 2. The molecule has 1 fully saturated rings. The number of para-hydroxylation sites is 2. The Morgan fingerprint density at radius 2 is 1.86 bits per heavy atom. The number of nitrogens with zero attached hydrogens (tertiary/aromatic N) is 2. The summed E-state index contributed by atoms with van der Waals surface area (Å²) in [5, 5.41) is 3.11. The molecule has 2 aromatic carbocycles. The number of methoxy groups -OCH3 is 3. The van der Waals surface area contributed by atoms with Crippen molar-refractivity contribution in [2.45, 2.75) is 6.42 Å². The lowest BCUT2D eigenvalue weighted by molar-refractivity contribution is 0.405. The fourth-order valence-electron chi connectivity index (χ4n) is 3.41. The fourth-order valence-corrected chi connectivity index (χ4v) is 3.41. The van der Waals surface area contributed by atoms with E-state index in [1.165, 1.54) is 0 Å². The number of guanidine groups is 1. The Kier molecular flexibility index (Phi) is 8.69. The summed E-state index contributed by atoms with van der Waals surface area (Å²) in [6.07, 6.45) is 1.07. The van der Waals surface area contributed by atoms with Gasteiger partial charge in [0, 0.05) is 25.7 Å². The highest BCUT2D eigenvalue weighted by molar-refractivity contribution is 14.0. The van der Waals surface area contributed by atoms with Gasteiger partial charge in [0.2, 0.25) is 0 Å². The molecule has 3 rings (SSSR count). The third-order valence-corrected chi connectivity index (χ3v) is 4.90. The minimum absolute atomic E-state index is 0. The Bertz CT molecular complexity index is 831. The van der Waals surface area contributed by atoms with Crippen molar-refractivity contribution in [3.63, 3.8) is 0 Å². The molecule has 0 aliphatic carbocycles. The lowest BCUT2D eigenvalue weighted by atomic mass is 10.1. The number of halogens is 1. The zero-order chi connectivity index (χ0) is 19.9. The van der Waals surface area contributed by atoms with E-state index >= 15 is 0 Å². The number of hydrogen-bond acceptors (Lipinski definition) is 5. The van der Waals surface area contributed by atoms with Crippen molar-refractivity contribution in [2.24, 2.45) is 16.6 Å². The highest BCUT2D eigenvalue weighted by Crippen LogP contribution is 2.32. The van der Waals surface area contributed by atoms with Crippen molar-refractivity contribution in [3.8, 4) is 17.2 Å². The minimum atomic E-state index is 0. The number of nitrogens with one attached hydrogen (secondary N) is 1. The Morgan fingerprint density at radius 3 is 2.59 bits per heavy atom. The number of ether oxygens (including phenoxy) is 3. The molecule has 0 spiro atoms. The van der Waals surface area contributed by atoms with E-state index in [9.17, 15) is 0 Å². The maximum atomic E-state index is 6.10. The Labute approximate surface area is 189 Å². The van der Waals surface area contributed by atoms with Gasteiger partial charge in [-0.2, -0.15) is 0 Å². The first-order valence-electron chi connectivity index (χ1n) is 9.31. The van der Waals surface area contributed by atoms with Gasteiger partial charge in [0.15, 0.2) is 5.96 Å². The van der Waals surface area contributed by atoms with Gasteiger partial charge >= 0.3 is 0 Å². The predicted octanol–water partition coefficient (Wildman–Crippen LogP) is 3.58. The van der Waals surface area contributed by atoms with Crippen LogP contribution >= 0.6 is 24.0 Å². The molecule has 2 aromatic rings. The summed E-state index contributed by atoms with van der Waals surface area (Å²) < 4.78 is 16.1. The standard InChI is InChI=1S/C21H28N4O3.HI/c1-26-16-8-9-19(27-2)17(12-16)24-21(22)23-13-15-10-11-25(14-15)18-6-4-5-7-20(18)28-3;/h4-9,12,15H,10-11,13-14H2,1-3H3,(H3,22,23,24);1H. The molecular weight excluding hydrogens is 483 g/mol. The van der Waals surface area contributed by atoms with Gasteiger partial charge in [-0.05, 0) is 36.6 Å². The largest absolute Gasteiger partial charge is 0.497 e. The minimum Gasteiger partial charge on any atom is -0.497 e. The summed E-state index contributed by atoms with van der Waals surface area (Å²) in [7, 11) is 4.94. The molecule has 1 heterocycles. The molecule has 1 aliphatic rings. The number of aliphatic imine (C=N–C) groups is 1. The molecule has 0 saturated carbocycles. The summed E-state index contributed by atoms with van der Waals surface area (Å²) in [4.78, 5) is 6.87. The smallest absolute Gasteiger partial charge is 0.193 e. The normalized spacial score (nSPS) is 16.2. The van der Waals surface area contributed by atoms with Crippen LogP contribution in [0.4, 0.5) is 11.4 Å². The van der Waals surface area contributed by atoms with Crippen molar-refractivity contribution < 1.29 is 14.2 Å². The van der Waals surface area contributed by atoms with Crippen LogP contribution in [-0.4, -0.2) is 46.9 Å². The second-order valence-electron chi connectivity index (χ2n) is 6.69. The molecule has 158 valence electrons. The topological polar surface area (TPSA) is 81.3 Å². The maximum absolute atomic E-state index is 6.10. The second-order valence-corrected chi connectivity index (χ2v) is 6.69. The molecule has 29 heavy (non-hydrogen) atoms. The van der Waals surface area contributed by atoms with Crippen molar-refractivity contribution in [3.05, 3.63) is 42.5 Å². The molecule has 1 saturated heterocycles. The van der Waals surface area contributed by atoms with E-state index in [1.807, 2.05) is 36.4 Å². The van der Waals surface area contributed by atoms with Gasteiger partial charge in [0.05, 0.1) is 32.7 Å². The summed E-state index contributed by atoms with van der Waals surface area (Å²) in [5.74, 6) is 3.11. The van der Waals surface area contributed by atoms with Gasteiger partial charge in [0.1, 0.15) is 17.2 Å². The lowest BCUT2D eigenvalue weighted by Crippen LogP contribution is -2.25. The molecule has 1 atom stereocenters. The molecule has 1 aliphatic heterocycles. The summed E-state index contributed by atoms with van der Waals surface area (Å²) in [6, 6.07) is 13.6. The fraction of sp³-hybridized carbons (Fsp3) is 0.381. The van der Waals surface area contributed by atoms with Crippen molar-refractivity contribution in [2.75, 3.05) is 51.2 Å². The monoisotopic (exact) mass is 512 g/mol. The van der Waals surface area contributed by atoms with Gasteiger partial charge in [-0.15, -0.1) is 24.0 Å². The Balaban J connectivity index is 0.00000300. The summed E-state index contributed by atoms with van der Waals surface area (Å²) in [5.41, 5.74) is 7.95. The van der Waals surface area contributed by atoms with E-state index in [0.29, 0.717) is 24.2 Å². The molecule has 0 radical (unpaired) electrons. The first-order chi connectivity index (χ1) is 13.6. The van der Waals surface area contributed by atoms with E-state index < -0.39 is 0 Å². The molecule has 3 N–H and O–H groups in total. The third kappa shape index (κ3) is 5.81. The molecule has 0 bridgehead atoms. The first-order valence-corrected chi connectivity index (χ1v) is 9.31. The molecule has 8 heteroatoms. The van der Waals surface area contributed by atoms with Crippen LogP contribution in [0.1, 0.15) is 6.42 Å². The van der Waals surface area contributed by atoms with Crippen LogP contribution in [0, 0.1) is 5.92 Å². The van der Waals surface area contributed by atoms with E-state index in [4.69, 9.17) is 19.9 Å². The van der Waals surface area contributed by atoms with Crippen molar-refractivity contribution >= 4 is 41.3 Å². The first kappa shape index (κ1) is 22.9. The van der Waals surface area contributed by atoms with Gasteiger partial charge in [0.25, 0.3) is 0 Å². The number of benzene rings is 2. The zero-order valence-electron chi connectivity index (χ0n) is 17.1. The zero-order valence-corrected chi connectivity index (χ0v) is 19.4. The second kappa shape index (κ2) is 11.0.